The lowest BCUT2D eigenvalue weighted by atomic mass is 10.1. The van der Waals surface area contributed by atoms with E-state index in [-0.39, 0.29) is 0 Å². The van der Waals surface area contributed by atoms with E-state index in [4.69, 9.17) is 9.47 Å². The number of aryl methyl sites for hydroxylation is 1. The van der Waals surface area contributed by atoms with Gasteiger partial charge in [-0.1, -0.05) is 13.0 Å². The molecule has 0 aliphatic rings. The summed E-state index contributed by atoms with van der Waals surface area (Å²) in [6, 6.07) is 12.8. The van der Waals surface area contributed by atoms with E-state index in [1.165, 1.54) is 5.56 Å². The van der Waals surface area contributed by atoms with Crippen molar-refractivity contribution in [2.75, 3.05) is 7.11 Å². The molecule has 0 heterocycles. The molecule has 0 bridgehead atoms. The van der Waals surface area contributed by atoms with Crippen molar-refractivity contribution >= 4 is 6.29 Å². The van der Waals surface area contributed by atoms with Gasteiger partial charge in [0, 0.05) is 5.56 Å². The summed E-state index contributed by atoms with van der Waals surface area (Å²) < 4.78 is 11.1. The molecule has 98 valence electrons. The minimum atomic E-state index is 0.626. The number of benzene rings is 2. The van der Waals surface area contributed by atoms with Gasteiger partial charge in [-0.3, -0.25) is 4.79 Å². The van der Waals surface area contributed by atoms with Crippen LogP contribution in [0.15, 0.2) is 42.5 Å². The molecule has 0 saturated carbocycles. The third-order valence-corrected chi connectivity index (χ3v) is 2.88. The van der Waals surface area contributed by atoms with E-state index in [0.717, 1.165) is 12.7 Å². The quantitative estimate of drug-likeness (QED) is 0.762. The molecule has 2 rings (SSSR count). The Kier molecular flexibility index (Phi) is 4.18. The smallest absolute Gasteiger partial charge is 0.169 e. The fraction of sp³-hybridized carbons (Fsp3) is 0.188. The van der Waals surface area contributed by atoms with Crippen molar-refractivity contribution in [1.82, 2.24) is 0 Å². The summed E-state index contributed by atoms with van der Waals surface area (Å²) >= 11 is 0. The molecule has 0 aliphatic heterocycles. The lowest BCUT2D eigenvalue weighted by Crippen LogP contribution is -1.92. The Morgan fingerprint density at radius 1 is 1.05 bits per heavy atom. The minimum Gasteiger partial charge on any atom is -0.493 e. The van der Waals surface area contributed by atoms with Gasteiger partial charge in [-0.15, -0.1) is 0 Å². The van der Waals surface area contributed by atoms with Crippen LogP contribution >= 0.6 is 0 Å². The molecule has 0 amide bonds. The number of rotatable bonds is 5. The summed E-state index contributed by atoms with van der Waals surface area (Å²) in [7, 11) is 1.62. The summed E-state index contributed by atoms with van der Waals surface area (Å²) in [6.07, 6.45) is 1.76. The monoisotopic (exact) mass is 256 g/mol. The van der Waals surface area contributed by atoms with Crippen LogP contribution in [0.2, 0.25) is 0 Å². The predicted molar refractivity (Wildman–Crippen MR) is 74.3 cm³/mol. The molecule has 19 heavy (non-hydrogen) atoms. The van der Waals surface area contributed by atoms with Crippen LogP contribution in [0.3, 0.4) is 0 Å². The topological polar surface area (TPSA) is 35.5 Å². The van der Waals surface area contributed by atoms with Crippen molar-refractivity contribution in [3.05, 3.63) is 53.6 Å². The fourth-order valence-electron chi connectivity index (χ4n) is 1.76. The Labute approximate surface area is 112 Å². The maximum atomic E-state index is 10.6. The first-order valence-corrected chi connectivity index (χ1v) is 6.17. The maximum absolute atomic E-state index is 10.6. The summed E-state index contributed by atoms with van der Waals surface area (Å²) in [5, 5.41) is 0. The first-order chi connectivity index (χ1) is 9.26. The molecular weight excluding hydrogens is 240 g/mol. The van der Waals surface area contributed by atoms with E-state index in [9.17, 15) is 4.79 Å². The summed E-state index contributed by atoms with van der Waals surface area (Å²) in [5.41, 5.74) is 1.82. The molecule has 0 aliphatic carbocycles. The van der Waals surface area contributed by atoms with E-state index in [2.05, 4.69) is 6.92 Å². The van der Waals surface area contributed by atoms with Crippen LogP contribution in [0.5, 0.6) is 17.2 Å². The third kappa shape index (κ3) is 3.13. The van der Waals surface area contributed by atoms with Gasteiger partial charge in [-0.2, -0.15) is 0 Å². The van der Waals surface area contributed by atoms with Gasteiger partial charge < -0.3 is 9.47 Å². The molecule has 3 heteroatoms. The zero-order valence-electron chi connectivity index (χ0n) is 11.1. The lowest BCUT2D eigenvalue weighted by molar-refractivity contribution is 0.112. The van der Waals surface area contributed by atoms with Crippen molar-refractivity contribution in [3.8, 4) is 17.2 Å². The Morgan fingerprint density at radius 2 is 1.79 bits per heavy atom. The molecule has 3 nitrogen and oxygen atoms in total. The van der Waals surface area contributed by atoms with Crippen LogP contribution in [0, 0.1) is 0 Å². The van der Waals surface area contributed by atoms with Crippen LogP contribution < -0.4 is 9.47 Å². The maximum Gasteiger partial charge on any atom is 0.169 e. The van der Waals surface area contributed by atoms with Crippen molar-refractivity contribution in [1.29, 1.82) is 0 Å². The number of hydrogen-bond acceptors (Lipinski definition) is 3. The van der Waals surface area contributed by atoms with Crippen molar-refractivity contribution in [2.45, 2.75) is 13.3 Å². The van der Waals surface area contributed by atoms with Crippen LogP contribution in [0.4, 0.5) is 0 Å². The SMILES string of the molecule is CCc1ccc(Oc2ccc(C=O)cc2)c(OC)c1. The molecule has 0 N–H and O–H groups in total. The Bertz CT molecular complexity index is 559. The molecule has 2 aromatic carbocycles. The summed E-state index contributed by atoms with van der Waals surface area (Å²) in [6.45, 7) is 2.09. The van der Waals surface area contributed by atoms with Crippen molar-refractivity contribution < 1.29 is 14.3 Å². The molecular formula is C16H16O3. The molecule has 2 aromatic rings. The molecule has 0 unspecified atom stereocenters. The van der Waals surface area contributed by atoms with Crippen LogP contribution in [-0.2, 0) is 6.42 Å². The van der Waals surface area contributed by atoms with Gasteiger partial charge in [0.05, 0.1) is 7.11 Å². The van der Waals surface area contributed by atoms with E-state index >= 15 is 0 Å². The lowest BCUT2D eigenvalue weighted by Gasteiger charge is -2.11. The van der Waals surface area contributed by atoms with Crippen LogP contribution in [-0.4, -0.2) is 13.4 Å². The zero-order valence-corrected chi connectivity index (χ0v) is 11.1. The van der Waals surface area contributed by atoms with E-state index in [1.54, 1.807) is 31.4 Å². The zero-order chi connectivity index (χ0) is 13.7. The number of carbonyl (C=O) groups is 1. The van der Waals surface area contributed by atoms with E-state index in [0.29, 0.717) is 22.8 Å². The largest absolute Gasteiger partial charge is 0.493 e. The van der Waals surface area contributed by atoms with Crippen molar-refractivity contribution in [2.24, 2.45) is 0 Å². The average Bonchev–Trinajstić information content (AvgIpc) is 2.48. The number of methoxy groups -OCH3 is 1. The van der Waals surface area contributed by atoms with E-state index in [1.807, 2.05) is 18.2 Å². The minimum absolute atomic E-state index is 0.626. The fourth-order valence-corrected chi connectivity index (χ4v) is 1.76. The average molecular weight is 256 g/mol. The Hall–Kier alpha value is -2.29. The first-order valence-electron chi connectivity index (χ1n) is 6.17. The van der Waals surface area contributed by atoms with Gasteiger partial charge >= 0.3 is 0 Å². The number of ether oxygens (including phenoxy) is 2. The van der Waals surface area contributed by atoms with Crippen molar-refractivity contribution in [3.63, 3.8) is 0 Å². The van der Waals surface area contributed by atoms with Gasteiger partial charge in [0.1, 0.15) is 12.0 Å². The standard InChI is InChI=1S/C16H16O3/c1-3-12-6-9-15(16(10-12)18-2)19-14-7-4-13(11-17)5-8-14/h4-11H,3H2,1-2H3. The number of hydrogen-bond donors (Lipinski definition) is 0. The first kappa shape index (κ1) is 13.1. The van der Waals surface area contributed by atoms with Crippen LogP contribution in [0.25, 0.3) is 0 Å². The second-order valence-electron chi connectivity index (χ2n) is 4.13. The third-order valence-electron chi connectivity index (χ3n) is 2.88. The van der Waals surface area contributed by atoms with E-state index < -0.39 is 0 Å². The number of aldehydes is 1. The second-order valence-corrected chi connectivity index (χ2v) is 4.13. The Morgan fingerprint density at radius 3 is 2.37 bits per heavy atom. The highest BCUT2D eigenvalue weighted by Gasteiger charge is 2.06. The Balaban J connectivity index is 2.24. The van der Waals surface area contributed by atoms with Gasteiger partial charge in [-0.05, 0) is 48.4 Å². The summed E-state index contributed by atoms with van der Waals surface area (Å²) in [5.74, 6) is 2.05. The molecule has 0 saturated heterocycles. The molecule has 0 radical (unpaired) electrons. The van der Waals surface area contributed by atoms with Gasteiger partial charge in [-0.25, -0.2) is 0 Å². The van der Waals surface area contributed by atoms with Gasteiger partial charge in [0.2, 0.25) is 0 Å². The highest BCUT2D eigenvalue weighted by atomic mass is 16.5. The van der Waals surface area contributed by atoms with Crippen LogP contribution in [0.1, 0.15) is 22.8 Å². The molecule has 0 spiro atoms. The molecule has 0 aromatic heterocycles. The second kappa shape index (κ2) is 6.05. The van der Waals surface area contributed by atoms with Gasteiger partial charge in [0.15, 0.2) is 11.5 Å². The molecule has 0 atom stereocenters. The number of carbonyl (C=O) groups excluding carboxylic acids is 1. The normalized spacial score (nSPS) is 10.0. The summed E-state index contributed by atoms with van der Waals surface area (Å²) in [4.78, 5) is 10.6. The molecule has 0 fully saturated rings. The highest BCUT2D eigenvalue weighted by Crippen LogP contribution is 2.32. The highest BCUT2D eigenvalue weighted by molar-refractivity contribution is 5.74. The predicted octanol–water partition coefficient (Wildman–Crippen LogP) is 3.86. The van der Waals surface area contributed by atoms with Gasteiger partial charge in [0.25, 0.3) is 0 Å².